The molecule has 0 fully saturated rings. The van der Waals surface area contributed by atoms with Crippen molar-refractivity contribution in [2.24, 2.45) is 0 Å². The number of rotatable bonds is 12. The third-order valence-corrected chi connectivity index (χ3v) is 6.88. The molecule has 2 atom stereocenters. The zero-order valence-electron chi connectivity index (χ0n) is 19.7. The van der Waals surface area contributed by atoms with Crippen LogP contribution in [0.25, 0.3) is 0 Å². The van der Waals surface area contributed by atoms with Crippen molar-refractivity contribution in [2.45, 2.75) is 72.0 Å². The van der Waals surface area contributed by atoms with E-state index in [0.29, 0.717) is 18.0 Å². The number of urea groups is 1. The normalized spacial score (nSPS) is 16.5. The molecule has 0 saturated carbocycles. The molecular formula is C23H37ClN4O3S. The number of halogens is 1. The Bertz CT molecular complexity index is 807. The molecule has 2 amide bonds. The molecule has 1 aliphatic rings. The van der Waals surface area contributed by atoms with Gasteiger partial charge in [-0.3, -0.25) is 9.45 Å². The summed E-state index contributed by atoms with van der Waals surface area (Å²) in [6.45, 7) is 7.93. The zero-order chi connectivity index (χ0) is 23.7. The van der Waals surface area contributed by atoms with Gasteiger partial charge >= 0.3 is 6.03 Å². The van der Waals surface area contributed by atoms with Gasteiger partial charge in [-0.25, -0.2) is 13.3 Å². The lowest BCUT2D eigenvalue weighted by atomic mass is 10.1. The van der Waals surface area contributed by atoms with Crippen molar-refractivity contribution in [1.82, 2.24) is 14.1 Å². The lowest BCUT2D eigenvalue weighted by Gasteiger charge is -2.31. The number of amides is 2. The Hall–Kier alpha value is -1.77. The van der Waals surface area contributed by atoms with Gasteiger partial charge in [0.15, 0.2) is 0 Å². The molecule has 0 spiro atoms. The SMILES string of the molecule is CCCCCN(C)c1ccc(CN2C=CN(C(=O)N(CCCCC)S(=O)O)C2C)c(Cl)c1. The summed E-state index contributed by atoms with van der Waals surface area (Å²) in [6, 6.07) is 5.62. The molecule has 1 heterocycles. The first-order chi connectivity index (χ1) is 15.3. The summed E-state index contributed by atoms with van der Waals surface area (Å²) in [7, 11) is 2.08. The van der Waals surface area contributed by atoms with Gasteiger partial charge in [0.25, 0.3) is 11.3 Å². The van der Waals surface area contributed by atoms with Crippen LogP contribution in [0.4, 0.5) is 10.5 Å². The molecule has 180 valence electrons. The highest BCUT2D eigenvalue weighted by atomic mass is 35.5. The quantitative estimate of drug-likeness (QED) is 0.306. The van der Waals surface area contributed by atoms with Crippen LogP contribution in [0, 0.1) is 0 Å². The van der Waals surface area contributed by atoms with Crippen molar-refractivity contribution in [3.05, 3.63) is 41.2 Å². The summed E-state index contributed by atoms with van der Waals surface area (Å²) in [5, 5.41) is 0.688. The lowest BCUT2D eigenvalue weighted by Crippen LogP contribution is -2.47. The number of hydrogen-bond acceptors (Lipinski definition) is 4. The first kappa shape index (κ1) is 26.5. The van der Waals surface area contributed by atoms with Crippen LogP contribution < -0.4 is 4.90 Å². The Labute approximate surface area is 200 Å². The van der Waals surface area contributed by atoms with Gasteiger partial charge in [0, 0.05) is 49.8 Å². The number of unbranched alkanes of at least 4 members (excludes halogenated alkanes) is 4. The number of nitrogens with zero attached hydrogens (tertiary/aromatic N) is 4. The Balaban J connectivity index is 2.01. The van der Waals surface area contributed by atoms with Crippen LogP contribution in [-0.2, 0) is 17.8 Å². The van der Waals surface area contributed by atoms with E-state index in [2.05, 4.69) is 24.9 Å². The molecule has 0 bridgehead atoms. The average molecular weight is 485 g/mol. The van der Waals surface area contributed by atoms with E-state index in [4.69, 9.17) is 11.6 Å². The Morgan fingerprint density at radius 3 is 2.38 bits per heavy atom. The predicted octanol–water partition coefficient (Wildman–Crippen LogP) is 5.65. The van der Waals surface area contributed by atoms with E-state index in [1.165, 1.54) is 17.7 Å². The van der Waals surface area contributed by atoms with Crippen molar-refractivity contribution in [1.29, 1.82) is 0 Å². The lowest BCUT2D eigenvalue weighted by molar-refractivity contribution is 0.146. The topological polar surface area (TPSA) is 67.3 Å². The van der Waals surface area contributed by atoms with Crippen LogP contribution in [-0.4, -0.2) is 55.2 Å². The molecule has 1 aromatic carbocycles. The van der Waals surface area contributed by atoms with Crippen LogP contribution in [0.1, 0.15) is 64.9 Å². The molecule has 0 saturated heterocycles. The maximum Gasteiger partial charge on any atom is 0.339 e. The van der Waals surface area contributed by atoms with Crippen molar-refractivity contribution >= 4 is 34.6 Å². The monoisotopic (exact) mass is 484 g/mol. The maximum absolute atomic E-state index is 12.9. The van der Waals surface area contributed by atoms with E-state index in [-0.39, 0.29) is 12.7 Å². The van der Waals surface area contributed by atoms with E-state index < -0.39 is 17.3 Å². The molecule has 9 heteroatoms. The van der Waals surface area contributed by atoms with Gasteiger partial charge in [-0.1, -0.05) is 57.2 Å². The second-order valence-corrected chi connectivity index (χ2v) is 9.55. The highest BCUT2D eigenvalue weighted by Crippen LogP contribution is 2.27. The zero-order valence-corrected chi connectivity index (χ0v) is 21.2. The number of anilines is 1. The highest BCUT2D eigenvalue weighted by Gasteiger charge is 2.32. The van der Waals surface area contributed by atoms with E-state index in [9.17, 15) is 13.6 Å². The van der Waals surface area contributed by atoms with Crippen molar-refractivity contribution in [2.75, 3.05) is 25.0 Å². The molecule has 1 N–H and O–H groups in total. The van der Waals surface area contributed by atoms with E-state index in [1.54, 1.807) is 6.20 Å². The minimum Gasteiger partial charge on any atom is -0.375 e. The first-order valence-electron chi connectivity index (χ1n) is 11.4. The van der Waals surface area contributed by atoms with Gasteiger partial charge in [-0.2, -0.15) is 0 Å². The van der Waals surface area contributed by atoms with Gasteiger partial charge in [0.05, 0.1) is 0 Å². The molecule has 0 radical (unpaired) electrons. The van der Waals surface area contributed by atoms with E-state index in [1.807, 2.05) is 37.1 Å². The summed E-state index contributed by atoms with van der Waals surface area (Å²) in [5.41, 5.74) is 2.05. The number of hydrogen-bond donors (Lipinski definition) is 1. The van der Waals surface area contributed by atoms with Gasteiger partial charge < -0.3 is 9.80 Å². The largest absolute Gasteiger partial charge is 0.375 e. The van der Waals surface area contributed by atoms with Gasteiger partial charge in [0.2, 0.25) is 0 Å². The second kappa shape index (κ2) is 13.1. The van der Waals surface area contributed by atoms with Crippen molar-refractivity contribution < 1.29 is 13.6 Å². The second-order valence-electron chi connectivity index (χ2n) is 8.24. The summed E-state index contributed by atoms with van der Waals surface area (Å²) in [6.07, 6.45) is 9.34. The molecule has 1 aromatic rings. The van der Waals surface area contributed by atoms with Crippen LogP contribution in [0.5, 0.6) is 0 Å². The predicted molar refractivity (Wildman–Crippen MR) is 133 cm³/mol. The third kappa shape index (κ3) is 7.12. The molecule has 0 aromatic heterocycles. The van der Waals surface area contributed by atoms with Gasteiger partial charge in [0.1, 0.15) is 6.17 Å². The molecule has 0 aliphatic carbocycles. The van der Waals surface area contributed by atoms with Crippen molar-refractivity contribution in [3.63, 3.8) is 0 Å². The number of carbonyl (C=O) groups excluding carboxylic acids is 1. The van der Waals surface area contributed by atoms with Crippen molar-refractivity contribution in [3.8, 4) is 0 Å². The minimum atomic E-state index is -2.35. The Kier molecular flexibility index (Phi) is 10.8. The minimum absolute atomic E-state index is 0.256. The van der Waals surface area contributed by atoms with E-state index >= 15 is 0 Å². The molecule has 32 heavy (non-hydrogen) atoms. The molecule has 2 rings (SSSR count). The first-order valence-corrected chi connectivity index (χ1v) is 12.9. The summed E-state index contributed by atoms with van der Waals surface area (Å²) in [5.74, 6) is 0. The van der Waals surface area contributed by atoms with E-state index in [0.717, 1.165) is 41.4 Å². The van der Waals surface area contributed by atoms with Gasteiger partial charge in [-0.15, -0.1) is 0 Å². The maximum atomic E-state index is 12.9. The average Bonchev–Trinajstić information content (AvgIpc) is 3.12. The fraction of sp³-hybridized carbons (Fsp3) is 0.609. The third-order valence-electron chi connectivity index (χ3n) is 5.82. The summed E-state index contributed by atoms with van der Waals surface area (Å²) in [4.78, 5) is 18.6. The van der Waals surface area contributed by atoms with Gasteiger partial charge in [-0.05, 0) is 37.5 Å². The van der Waals surface area contributed by atoms with Crippen LogP contribution in [0.15, 0.2) is 30.6 Å². The van der Waals surface area contributed by atoms with Crippen LogP contribution >= 0.6 is 11.6 Å². The number of carbonyl (C=O) groups is 1. The molecule has 7 nitrogen and oxygen atoms in total. The molecule has 1 aliphatic heterocycles. The fourth-order valence-electron chi connectivity index (χ4n) is 3.68. The Morgan fingerprint density at radius 1 is 1.12 bits per heavy atom. The summed E-state index contributed by atoms with van der Waals surface area (Å²) < 4.78 is 22.3. The fourth-order valence-corrected chi connectivity index (χ4v) is 4.42. The summed E-state index contributed by atoms with van der Waals surface area (Å²) >= 11 is 4.24. The standard InChI is InChI=1S/C23H37ClN4O3S/c1-5-7-9-13-25(4)21-12-11-20(22(24)17-21)18-26-15-16-27(19(26)3)23(29)28(32(30)31)14-10-8-6-2/h11-12,15-17,19H,5-10,13-14,18H2,1-4H3,(H,30,31). The van der Waals surface area contributed by atoms with Crippen LogP contribution in [0.3, 0.4) is 0 Å². The van der Waals surface area contributed by atoms with Crippen LogP contribution in [0.2, 0.25) is 5.02 Å². The highest BCUT2D eigenvalue weighted by molar-refractivity contribution is 7.77. The smallest absolute Gasteiger partial charge is 0.339 e. The molecule has 2 unspecified atom stereocenters. The Morgan fingerprint density at radius 2 is 1.78 bits per heavy atom. The number of benzene rings is 1. The molecular weight excluding hydrogens is 448 g/mol.